The molecule has 0 aliphatic carbocycles. The van der Waals surface area contributed by atoms with Crippen molar-refractivity contribution in [3.05, 3.63) is 29.3 Å². The molecular weight excluding hydrogens is 293 g/mol. The highest BCUT2D eigenvalue weighted by molar-refractivity contribution is 8.13. The molecule has 20 heavy (non-hydrogen) atoms. The Morgan fingerprint density at radius 3 is 2.55 bits per heavy atom. The van der Waals surface area contributed by atoms with Gasteiger partial charge < -0.3 is 5.73 Å². The molecule has 1 aromatic rings. The van der Waals surface area contributed by atoms with Crippen LogP contribution in [0.4, 0.5) is 18.9 Å². The monoisotopic (exact) mass is 302 g/mol. The van der Waals surface area contributed by atoms with Gasteiger partial charge in [-0.05, 0) is 24.5 Å². The number of hydrogen-bond acceptors (Lipinski definition) is 4. The fourth-order valence-corrected chi connectivity index (χ4v) is 1.62. The summed E-state index contributed by atoms with van der Waals surface area (Å²) >= 11 is 1.04. The zero-order chi connectivity index (χ0) is 15.3. The molecule has 0 bridgehead atoms. The third-order valence-corrected chi connectivity index (χ3v) is 2.70. The van der Waals surface area contributed by atoms with Crippen molar-refractivity contribution in [1.82, 2.24) is 5.32 Å². The highest BCUT2D eigenvalue weighted by Crippen LogP contribution is 2.32. The number of nitriles is 1. The topological polar surface area (TPSA) is 91.3 Å². The van der Waals surface area contributed by atoms with Crippen LogP contribution in [0.2, 0.25) is 0 Å². The molecule has 0 heterocycles. The molecular formula is C11H9F3N4OS. The summed E-state index contributed by atoms with van der Waals surface area (Å²) < 4.78 is 38.1. The zero-order valence-electron chi connectivity index (χ0n) is 10.2. The lowest BCUT2D eigenvalue weighted by Gasteiger charge is -2.09. The first kappa shape index (κ1) is 15.8. The average molecular weight is 302 g/mol. The van der Waals surface area contributed by atoms with Gasteiger partial charge in [-0.25, -0.2) is 4.99 Å². The molecule has 1 aromatic carbocycles. The van der Waals surface area contributed by atoms with Crippen LogP contribution in [0.25, 0.3) is 0 Å². The molecule has 0 atom stereocenters. The Morgan fingerprint density at radius 1 is 1.45 bits per heavy atom. The largest absolute Gasteiger partial charge is 0.416 e. The van der Waals surface area contributed by atoms with Crippen LogP contribution in [-0.4, -0.2) is 17.3 Å². The van der Waals surface area contributed by atoms with Gasteiger partial charge in [0.2, 0.25) is 5.91 Å². The summed E-state index contributed by atoms with van der Waals surface area (Å²) in [6.45, 7) is 0. The van der Waals surface area contributed by atoms with Crippen molar-refractivity contribution in [2.24, 2.45) is 10.7 Å². The fraction of sp³-hybridized carbons (Fsp3) is 0.182. The Balaban J connectivity index is 3.36. The van der Waals surface area contributed by atoms with Gasteiger partial charge >= 0.3 is 6.18 Å². The Kier molecular flexibility index (Phi) is 4.99. The average Bonchev–Trinajstić information content (AvgIpc) is 2.36. The molecule has 3 N–H and O–H groups in total. The summed E-state index contributed by atoms with van der Waals surface area (Å²) in [7, 11) is 0. The quantitative estimate of drug-likeness (QED) is 0.379. The minimum atomic E-state index is -4.63. The van der Waals surface area contributed by atoms with Crippen molar-refractivity contribution < 1.29 is 18.0 Å². The summed E-state index contributed by atoms with van der Waals surface area (Å²) in [5.74, 6) is -0.994. The number of alkyl halides is 3. The number of amides is 1. The van der Waals surface area contributed by atoms with Crippen LogP contribution >= 0.6 is 11.8 Å². The molecule has 1 amide bonds. The number of carbonyl (C=O) groups excluding carboxylic acids is 1. The summed E-state index contributed by atoms with van der Waals surface area (Å²) in [6.07, 6.45) is -1.43. The summed E-state index contributed by atoms with van der Waals surface area (Å²) in [5, 5.41) is 10.8. The van der Waals surface area contributed by atoms with Gasteiger partial charge in [-0.3, -0.25) is 10.1 Å². The Bertz CT molecular complexity index is 592. The molecule has 0 fully saturated rings. The minimum absolute atomic E-state index is 0.0993. The highest BCUT2D eigenvalue weighted by Gasteiger charge is 2.31. The van der Waals surface area contributed by atoms with Gasteiger partial charge in [0.15, 0.2) is 11.4 Å². The van der Waals surface area contributed by atoms with E-state index >= 15 is 0 Å². The van der Waals surface area contributed by atoms with Crippen molar-refractivity contribution in [1.29, 1.82) is 5.26 Å². The number of amidine groups is 1. The molecule has 1 rings (SSSR count). The SMILES string of the molecule is CSC(=Nc1cc(C(N)=O)cc(C(F)(F)F)c1)NC#N. The first-order chi connectivity index (χ1) is 9.27. The maximum Gasteiger partial charge on any atom is 0.416 e. The van der Waals surface area contributed by atoms with Crippen molar-refractivity contribution >= 4 is 28.5 Å². The van der Waals surface area contributed by atoms with E-state index in [9.17, 15) is 18.0 Å². The molecule has 0 aromatic heterocycles. The summed E-state index contributed by atoms with van der Waals surface area (Å²) in [4.78, 5) is 14.9. The molecule has 106 valence electrons. The number of hydrogen-bond donors (Lipinski definition) is 2. The third kappa shape index (κ3) is 4.17. The molecule has 0 aliphatic heterocycles. The van der Waals surface area contributed by atoms with E-state index in [4.69, 9.17) is 11.0 Å². The van der Waals surface area contributed by atoms with Crippen LogP contribution in [0.3, 0.4) is 0 Å². The van der Waals surface area contributed by atoms with Gasteiger partial charge in [0.05, 0.1) is 11.3 Å². The minimum Gasteiger partial charge on any atom is -0.366 e. The number of nitrogens with two attached hydrogens (primary N) is 1. The maximum atomic E-state index is 12.7. The van der Waals surface area contributed by atoms with Crippen LogP contribution in [0, 0.1) is 11.5 Å². The smallest absolute Gasteiger partial charge is 0.366 e. The number of nitrogens with zero attached hydrogens (tertiary/aromatic N) is 2. The van der Waals surface area contributed by atoms with Crippen LogP contribution in [0.1, 0.15) is 15.9 Å². The first-order valence-electron chi connectivity index (χ1n) is 5.07. The number of halogens is 3. The van der Waals surface area contributed by atoms with Gasteiger partial charge in [0, 0.05) is 5.56 Å². The molecule has 5 nitrogen and oxygen atoms in total. The van der Waals surface area contributed by atoms with E-state index in [-0.39, 0.29) is 16.4 Å². The van der Waals surface area contributed by atoms with Crippen LogP contribution in [0.15, 0.2) is 23.2 Å². The summed E-state index contributed by atoms with van der Waals surface area (Å²) in [5.41, 5.74) is 3.52. The second-order valence-electron chi connectivity index (χ2n) is 3.49. The molecule has 0 aliphatic rings. The predicted molar refractivity (Wildman–Crippen MR) is 69.3 cm³/mol. The van der Waals surface area contributed by atoms with Gasteiger partial charge in [-0.15, -0.1) is 0 Å². The third-order valence-electron chi connectivity index (χ3n) is 2.12. The lowest BCUT2D eigenvalue weighted by molar-refractivity contribution is -0.137. The zero-order valence-corrected chi connectivity index (χ0v) is 11.0. The van der Waals surface area contributed by atoms with Crippen LogP contribution in [-0.2, 0) is 6.18 Å². The Hall–Kier alpha value is -2.21. The van der Waals surface area contributed by atoms with Crippen molar-refractivity contribution in [2.45, 2.75) is 6.18 Å². The number of nitrogens with one attached hydrogen (secondary N) is 1. The molecule has 0 radical (unpaired) electrons. The molecule has 9 heteroatoms. The second kappa shape index (κ2) is 6.29. The van der Waals surface area contributed by atoms with Crippen LogP contribution < -0.4 is 11.1 Å². The van der Waals surface area contributed by atoms with E-state index in [0.717, 1.165) is 23.9 Å². The second-order valence-corrected chi connectivity index (χ2v) is 4.28. The van der Waals surface area contributed by atoms with E-state index in [0.29, 0.717) is 6.07 Å². The van der Waals surface area contributed by atoms with Crippen LogP contribution in [0.5, 0.6) is 0 Å². The fourth-order valence-electron chi connectivity index (χ4n) is 1.27. The molecule has 0 unspecified atom stereocenters. The van der Waals surface area contributed by atoms with E-state index in [1.54, 1.807) is 12.4 Å². The lowest BCUT2D eigenvalue weighted by atomic mass is 10.1. The van der Waals surface area contributed by atoms with E-state index in [2.05, 4.69) is 10.3 Å². The van der Waals surface area contributed by atoms with Crippen molar-refractivity contribution in [3.63, 3.8) is 0 Å². The maximum absolute atomic E-state index is 12.7. The number of rotatable bonds is 2. The predicted octanol–water partition coefficient (Wildman–Crippen LogP) is 2.23. The van der Waals surface area contributed by atoms with Crippen molar-refractivity contribution in [2.75, 3.05) is 6.26 Å². The van der Waals surface area contributed by atoms with Gasteiger partial charge in [0.1, 0.15) is 0 Å². The van der Waals surface area contributed by atoms with Gasteiger partial charge in [-0.1, -0.05) is 11.8 Å². The normalized spacial score (nSPS) is 11.8. The number of thioether (sulfide) groups is 1. The number of carbonyl (C=O) groups is 1. The highest BCUT2D eigenvalue weighted by atomic mass is 32.2. The van der Waals surface area contributed by atoms with E-state index in [1.807, 2.05) is 0 Å². The molecule has 0 saturated heterocycles. The van der Waals surface area contributed by atoms with E-state index < -0.39 is 17.6 Å². The Morgan fingerprint density at radius 2 is 2.10 bits per heavy atom. The lowest BCUT2D eigenvalue weighted by Crippen LogP contribution is -2.14. The van der Waals surface area contributed by atoms with Crippen molar-refractivity contribution in [3.8, 4) is 6.19 Å². The number of primary amides is 1. The first-order valence-corrected chi connectivity index (χ1v) is 6.30. The van der Waals surface area contributed by atoms with Gasteiger partial charge in [0.25, 0.3) is 0 Å². The standard InChI is InChI=1S/C11H9F3N4OS/c1-20-10(17-5-15)18-8-3-6(9(16)19)2-7(4-8)11(12,13)14/h2-4H,1H3,(H2,16,19)(H,17,18). The van der Waals surface area contributed by atoms with Gasteiger partial charge in [-0.2, -0.15) is 18.4 Å². The number of benzene rings is 1. The molecule has 0 spiro atoms. The number of aliphatic imine (C=N–C) groups is 1. The van der Waals surface area contributed by atoms with E-state index in [1.165, 1.54) is 0 Å². The molecule has 0 saturated carbocycles. The Labute approximate surface area is 116 Å². The summed E-state index contributed by atoms with van der Waals surface area (Å²) in [6, 6.07) is 2.53.